The Morgan fingerprint density at radius 3 is 2.44 bits per heavy atom. The second-order valence-electron chi connectivity index (χ2n) is 3.87. The number of nitriles is 1. The maximum atomic E-state index is 8.45. The Bertz CT molecular complexity index is 538. The lowest BCUT2D eigenvalue weighted by atomic mass is 10.1. The SMILES string of the molecule is CCc1ccc(-c2ccc(NCC#N)nn2)cc1. The van der Waals surface area contributed by atoms with Crippen LogP contribution in [0, 0.1) is 11.3 Å². The highest BCUT2D eigenvalue weighted by Crippen LogP contribution is 2.17. The average molecular weight is 238 g/mol. The molecule has 0 atom stereocenters. The molecule has 0 saturated carbocycles. The molecule has 0 amide bonds. The molecule has 0 fully saturated rings. The van der Waals surface area contributed by atoms with Crippen molar-refractivity contribution in [1.82, 2.24) is 10.2 Å². The van der Waals surface area contributed by atoms with Gasteiger partial charge in [0, 0.05) is 5.56 Å². The van der Waals surface area contributed by atoms with Crippen LogP contribution in [0.1, 0.15) is 12.5 Å². The molecule has 0 aliphatic rings. The van der Waals surface area contributed by atoms with Crippen molar-refractivity contribution >= 4 is 5.82 Å². The second-order valence-corrected chi connectivity index (χ2v) is 3.87. The summed E-state index contributed by atoms with van der Waals surface area (Å²) in [6, 6.07) is 14.0. The summed E-state index contributed by atoms with van der Waals surface area (Å²) in [5.74, 6) is 0.616. The molecule has 0 aliphatic carbocycles. The third-order valence-corrected chi connectivity index (χ3v) is 2.67. The van der Waals surface area contributed by atoms with E-state index >= 15 is 0 Å². The van der Waals surface area contributed by atoms with Gasteiger partial charge in [-0.1, -0.05) is 31.2 Å². The zero-order valence-corrected chi connectivity index (χ0v) is 10.2. The molecule has 1 heterocycles. The van der Waals surface area contributed by atoms with E-state index in [1.54, 1.807) is 0 Å². The van der Waals surface area contributed by atoms with Crippen molar-refractivity contribution in [3.63, 3.8) is 0 Å². The summed E-state index contributed by atoms with van der Waals surface area (Å²) in [5, 5.41) is 19.5. The minimum absolute atomic E-state index is 0.235. The maximum Gasteiger partial charge on any atom is 0.149 e. The van der Waals surface area contributed by atoms with Crippen LogP contribution in [0.5, 0.6) is 0 Å². The summed E-state index contributed by atoms with van der Waals surface area (Å²) in [6.45, 7) is 2.36. The molecule has 0 unspecified atom stereocenters. The van der Waals surface area contributed by atoms with Crippen LogP contribution in [0.4, 0.5) is 5.82 Å². The molecule has 0 radical (unpaired) electrons. The van der Waals surface area contributed by atoms with Gasteiger partial charge in [0.05, 0.1) is 11.8 Å². The molecule has 2 aromatic rings. The fourth-order valence-corrected chi connectivity index (χ4v) is 1.62. The van der Waals surface area contributed by atoms with Crippen LogP contribution in [0.15, 0.2) is 36.4 Å². The van der Waals surface area contributed by atoms with Gasteiger partial charge in [-0.25, -0.2) is 0 Å². The zero-order chi connectivity index (χ0) is 12.8. The van der Waals surface area contributed by atoms with Crippen molar-refractivity contribution in [2.45, 2.75) is 13.3 Å². The molecule has 4 nitrogen and oxygen atoms in total. The minimum atomic E-state index is 0.235. The molecule has 1 aromatic heterocycles. The van der Waals surface area contributed by atoms with Crippen LogP contribution in [0.25, 0.3) is 11.3 Å². The lowest BCUT2D eigenvalue weighted by Gasteiger charge is -2.03. The van der Waals surface area contributed by atoms with Crippen molar-refractivity contribution in [2.75, 3.05) is 11.9 Å². The van der Waals surface area contributed by atoms with Crippen molar-refractivity contribution < 1.29 is 0 Å². The molecule has 1 aromatic carbocycles. The van der Waals surface area contributed by atoms with E-state index in [9.17, 15) is 0 Å². The predicted molar refractivity (Wildman–Crippen MR) is 70.9 cm³/mol. The van der Waals surface area contributed by atoms with Gasteiger partial charge in [-0.15, -0.1) is 10.2 Å². The van der Waals surface area contributed by atoms with Gasteiger partial charge in [-0.2, -0.15) is 5.26 Å². The molecular weight excluding hydrogens is 224 g/mol. The Hall–Kier alpha value is -2.41. The summed E-state index contributed by atoms with van der Waals surface area (Å²) in [6.07, 6.45) is 1.03. The molecule has 4 heteroatoms. The Morgan fingerprint density at radius 2 is 1.89 bits per heavy atom. The molecule has 90 valence electrons. The fourth-order valence-electron chi connectivity index (χ4n) is 1.62. The minimum Gasteiger partial charge on any atom is -0.356 e. The van der Waals surface area contributed by atoms with Gasteiger partial charge in [-0.3, -0.25) is 0 Å². The van der Waals surface area contributed by atoms with Gasteiger partial charge in [0.2, 0.25) is 0 Å². The number of hydrogen-bond donors (Lipinski definition) is 1. The van der Waals surface area contributed by atoms with Gasteiger partial charge < -0.3 is 5.32 Å². The number of nitrogens with zero attached hydrogens (tertiary/aromatic N) is 3. The van der Waals surface area contributed by atoms with Crippen molar-refractivity contribution in [3.8, 4) is 17.3 Å². The summed E-state index contributed by atoms with van der Waals surface area (Å²) in [5.41, 5.74) is 3.19. The van der Waals surface area contributed by atoms with Crippen LogP contribution >= 0.6 is 0 Å². The largest absolute Gasteiger partial charge is 0.356 e. The number of aromatic nitrogens is 2. The summed E-state index contributed by atoms with van der Waals surface area (Å²) >= 11 is 0. The summed E-state index contributed by atoms with van der Waals surface area (Å²) in [4.78, 5) is 0. The molecule has 2 rings (SSSR count). The van der Waals surface area contributed by atoms with Gasteiger partial charge in [0.25, 0.3) is 0 Å². The Labute approximate surface area is 106 Å². The van der Waals surface area contributed by atoms with Gasteiger partial charge >= 0.3 is 0 Å². The van der Waals surface area contributed by atoms with Gasteiger partial charge in [0.1, 0.15) is 12.4 Å². The first kappa shape index (κ1) is 12.1. The lowest BCUT2D eigenvalue weighted by molar-refractivity contribution is 1.03. The predicted octanol–water partition coefficient (Wildman–Crippen LogP) is 2.64. The van der Waals surface area contributed by atoms with Gasteiger partial charge in [-0.05, 0) is 24.1 Å². The molecule has 18 heavy (non-hydrogen) atoms. The fraction of sp³-hybridized carbons (Fsp3) is 0.214. The van der Waals surface area contributed by atoms with Crippen molar-refractivity contribution in [1.29, 1.82) is 5.26 Å². The quantitative estimate of drug-likeness (QED) is 0.832. The highest BCUT2D eigenvalue weighted by Gasteiger charge is 2.00. The van der Waals surface area contributed by atoms with E-state index in [0.717, 1.165) is 17.7 Å². The van der Waals surface area contributed by atoms with Crippen LogP contribution in [-0.2, 0) is 6.42 Å². The van der Waals surface area contributed by atoms with E-state index in [2.05, 4.69) is 34.6 Å². The lowest BCUT2D eigenvalue weighted by Crippen LogP contribution is -2.01. The molecule has 0 bridgehead atoms. The first-order valence-corrected chi connectivity index (χ1v) is 5.87. The smallest absolute Gasteiger partial charge is 0.149 e. The number of aryl methyl sites for hydroxylation is 1. The summed E-state index contributed by atoms with van der Waals surface area (Å²) < 4.78 is 0. The van der Waals surface area contributed by atoms with Gasteiger partial charge in [0.15, 0.2) is 0 Å². The van der Waals surface area contributed by atoms with E-state index in [4.69, 9.17) is 5.26 Å². The van der Waals surface area contributed by atoms with Crippen LogP contribution < -0.4 is 5.32 Å². The third kappa shape index (κ3) is 2.83. The number of anilines is 1. The first-order chi connectivity index (χ1) is 8.83. The van der Waals surface area contributed by atoms with E-state index < -0.39 is 0 Å². The van der Waals surface area contributed by atoms with E-state index in [1.165, 1.54) is 5.56 Å². The number of benzene rings is 1. The Morgan fingerprint density at radius 1 is 1.11 bits per heavy atom. The molecule has 0 spiro atoms. The molecule has 0 saturated heterocycles. The van der Waals surface area contributed by atoms with E-state index in [-0.39, 0.29) is 6.54 Å². The molecular formula is C14H14N4. The topological polar surface area (TPSA) is 61.6 Å². The van der Waals surface area contributed by atoms with Crippen LogP contribution in [0.2, 0.25) is 0 Å². The van der Waals surface area contributed by atoms with Crippen molar-refractivity contribution in [2.24, 2.45) is 0 Å². The van der Waals surface area contributed by atoms with Crippen LogP contribution in [-0.4, -0.2) is 16.7 Å². The Balaban J connectivity index is 2.15. The van der Waals surface area contributed by atoms with Crippen LogP contribution in [0.3, 0.4) is 0 Å². The standard InChI is InChI=1S/C14H14N4/c1-2-11-3-5-12(6-4-11)13-7-8-14(18-17-13)16-10-9-15/h3-8H,2,10H2,1H3,(H,16,18). The Kier molecular flexibility index (Phi) is 3.87. The molecule has 1 N–H and O–H groups in total. The number of rotatable bonds is 4. The second kappa shape index (κ2) is 5.78. The monoisotopic (exact) mass is 238 g/mol. The first-order valence-electron chi connectivity index (χ1n) is 5.87. The summed E-state index contributed by atoms with van der Waals surface area (Å²) in [7, 11) is 0. The van der Waals surface area contributed by atoms with E-state index in [0.29, 0.717) is 5.82 Å². The average Bonchev–Trinajstić information content (AvgIpc) is 2.46. The highest BCUT2D eigenvalue weighted by atomic mass is 15.2. The zero-order valence-electron chi connectivity index (χ0n) is 10.2. The normalized spacial score (nSPS) is 9.78. The highest BCUT2D eigenvalue weighted by molar-refractivity contribution is 5.59. The molecule has 0 aliphatic heterocycles. The third-order valence-electron chi connectivity index (χ3n) is 2.67. The number of nitrogens with one attached hydrogen (secondary N) is 1. The maximum absolute atomic E-state index is 8.45. The van der Waals surface area contributed by atoms with E-state index in [1.807, 2.05) is 30.3 Å². The number of hydrogen-bond acceptors (Lipinski definition) is 4. The van der Waals surface area contributed by atoms with Crippen molar-refractivity contribution in [3.05, 3.63) is 42.0 Å².